The van der Waals surface area contributed by atoms with Gasteiger partial charge in [-0.1, -0.05) is 37.3 Å². The van der Waals surface area contributed by atoms with Gasteiger partial charge in [-0.3, -0.25) is 0 Å². The second kappa shape index (κ2) is 7.63. The van der Waals surface area contributed by atoms with E-state index in [2.05, 4.69) is 15.0 Å². The second-order valence-corrected chi connectivity index (χ2v) is 8.40. The normalized spacial score (nSPS) is 12.2. The zero-order valence-electron chi connectivity index (χ0n) is 17.1. The van der Waals surface area contributed by atoms with Crippen molar-refractivity contribution in [1.29, 1.82) is 0 Å². The zero-order valence-corrected chi connectivity index (χ0v) is 17.9. The van der Waals surface area contributed by atoms with E-state index >= 15 is 0 Å². The summed E-state index contributed by atoms with van der Waals surface area (Å²) in [6, 6.07) is 10.9. The van der Waals surface area contributed by atoms with Crippen LogP contribution in [0.25, 0.3) is 39.3 Å². The van der Waals surface area contributed by atoms with Gasteiger partial charge >= 0.3 is 6.18 Å². The lowest BCUT2D eigenvalue weighted by Gasteiger charge is -2.05. The molecule has 4 heterocycles. The van der Waals surface area contributed by atoms with Crippen LogP contribution >= 0.6 is 11.8 Å². The molecule has 0 saturated heterocycles. The van der Waals surface area contributed by atoms with Crippen LogP contribution in [0.1, 0.15) is 12.5 Å². The van der Waals surface area contributed by atoms with Crippen molar-refractivity contribution in [3.05, 3.63) is 60.6 Å². The smallest absolute Gasteiger partial charge is 0.312 e. The maximum absolute atomic E-state index is 13.1. The van der Waals surface area contributed by atoms with Gasteiger partial charge in [0, 0.05) is 31.2 Å². The minimum absolute atomic E-state index is 0.171. The molecule has 10 heteroatoms. The molecule has 5 rings (SSSR count). The molecular weight excluding hydrogens is 437 g/mol. The summed E-state index contributed by atoms with van der Waals surface area (Å²) in [6.07, 6.45) is 0.000336. The highest BCUT2D eigenvalue weighted by molar-refractivity contribution is 7.99. The molecule has 162 valence electrons. The quantitative estimate of drug-likeness (QED) is 0.337. The molecule has 0 saturated carbocycles. The van der Waals surface area contributed by atoms with Gasteiger partial charge in [0.1, 0.15) is 16.4 Å². The summed E-state index contributed by atoms with van der Waals surface area (Å²) in [7, 11) is 1.73. The van der Waals surface area contributed by atoms with E-state index in [-0.39, 0.29) is 5.52 Å². The lowest BCUT2D eigenvalue weighted by atomic mass is 10.1. The van der Waals surface area contributed by atoms with E-state index in [1.54, 1.807) is 22.3 Å². The van der Waals surface area contributed by atoms with Gasteiger partial charge in [0.05, 0.1) is 11.1 Å². The summed E-state index contributed by atoms with van der Waals surface area (Å²) in [5.74, 6) is 1.24. The molecule has 0 unspecified atom stereocenters. The van der Waals surface area contributed by atoms with Crippen molar-refractivity contribution in [2.45, 2.75) is 18.1 Å². The van der Waals surface area contributed by atoms with Gasteiger partial charge in [0.25, 0.3) is 0 Å². The number of imidazole rings is 1. The summed E-state index contributed by atoms with van der Waals surface area (Å²) < 4.78 is 42.8. The number of halogens is 3. The van der Waals surface area contributed by atoms with E-state index < -0.39 is 11.7 Å². The fourth-order valence-corrected chi connectivity index (χ4v) is 4.33. The summed E-state index contributed by atoms with van der Waals surface area (Å²) in [6.45, 7) is 2.01. The van der Waals surface area contributed by atoms with Gasteiger partial charge in [0.15, 0.2) is 11.3 Å². The number of alkyl halides is 3. The fourth-order valence-electron chi connectivity index (χ4n) is 3.58. The first-order chi connectivity index (χ1) is 15.4. The summed E-state index contributed by atoms with van der Waals surface area (Å²) in [4.78, 5) is 13.1. The Morgan fingerprint density at radius 2 is 1.75 bits per heavy atom. The predicted octanol–water partition coefficient (Wildman–Crippen LogP) is 5.48. The van der Waals surface area contributed by atoms with Gasteiger partial charge in [0.2, 0.25) is 0 Å². The molecule has 0 N–H and O–H groups in total. The van der Waals surface area contributed by atoms with Crippen molar-refractivity contribution in [1.82, 2.24) is 29.1 Å². The zero-order chi connectivity index (χ0) is 22.5. The largest absolute Gasteiger partial charge is 0.417 e. The fraction of sp³-hybridized carbons (Fsp3) is 0.182. The molecule has 0 aliphatic heterocycles. The average Bonchev–Trinajstić information content (AvgIpc) is 3.30. The van der Waals surface area contributed by atoms with E-state index in [4.69, 9.17) is 5.10 Å². The first-order valence-electron chi connectivity index (χ1n) is 9.83. The van der Waals surface area contributed by atoms with Crippen molar-refractivity contribution in [3.8, 4) is 22.5 Å². The van der Waals surface area contributed by atoms with Crippen LogP contribution in [0.4, 0.5) is 13.2 Å². The number of benzene rings is 1. The minimum Gasteiger partial charge on any atom is -0.312 e. The third-order valence-corrected chi connectivity index (χ3v) is 5.94. The number of rotatable bonds is 4. The second-order valence-electron chi connectivity index (χ2n) is 7.15. The SMILES string of the molecule is CCSc1nn2cc(-c3ccccc3)cnc2c1-c1nc2cc(C(F)(F)F)cnc2n1C. The molecule has 0 radical (unpaired) electrons. The van der Waals surface area contributed by atoms with Gasteiger partial charge < -0.3 is 4.57 Å². The Hall–Kier alpha value is -3.40. The highest BCUT2D eigenvalue weighted by atomic mass is 32.2. The third-order valence-electron chi connectivity index (χ3n) is 5.09. The van der Waals surface area contributed by atoms with Crippen LogP contribution < -0.4 is 0 Å². The minimum atomic E-state index is -4.48. The lowest BCUT2D eigenvalue weighted by Crippen LogP contribution is -2.05. The van der Waals surface area contributed by atoms with E-state index in [1.807, 2.05) is 43.5 Å². The first-order valence-corrected chi connectivity index (χ1v) is 10.8. The molecule has 0 fully saturated rings. The number of hydrogen-bond acceptors (Lipinski definition) is 5. The molecule has 0 aliphatic rings. The number of fused-ring (bicyclic) bond motifs is 2. The first kappa shape index (κ1) is 20.5. The maximum Gasteiger partial charge on any atom is 0.417 e. The third kappa shape index (κ3) is 3.40. The molecule has 0 bridgehead atoms. The Balaban J connectivity index is 1.71. The molecule has 6 nitrogen and oxygen atoms in total. The average molecular weight is 454 g/mol. The van der Waals surface area contributed by atoms with Crippen LogP contribution in [0.5, 0.6) is 0 Å². The summed E-state index contributed by atoms with van der Waals surface area (Å²) in [5, 5.41) is 5.40. The summed E-state index contributed by atoms with van der Waals surface area (Å²) >= 11 is 1.52. The van der Waals surface area contributed by atoms with E-state index in [0.29, 0.717) is 27.7 Å². The van der Waals surface area contributed by atoms with Gasteiger partial charge in [-0.05, 0) is 17.4 Å². The van der Waals surface area contributed by atoms with Crippen LogP contribution in [-0.2, 0) is 13.2 Å². The van der Waals surface area contributed by atoms with Crippen molar-refractivity contribution in [3.63, 3.8) is 0 Å². The van der Waals surface area contributed by atoms with Crippen LogP contribution in [-0.4, -0.2) is 34.9 Å². The van der Waals surface area contributed by atoms with Gasteiger partial charge in [-0.2, -0.15) is 18.3 Å². The Kier molecular flexibility index (Phi) is 4.89. The maximum atomic E-state index is 13.1. The molecule has 0 atom stereocenters. The lowest BCUT2D eigenvalue weighted by molar-refractivity contribution is -0.137. The number of aromatic nitrogens is 6. The number of hydrogen-bond donors (Lipinski definition) is 0. The van der Waals surface area contributed by atoms with Crippen LogP contribution in [0, 0.1) is 0 Å². The molecular formula is C22H17F3N6S. The molecule has 0 spiro atoms. The van der Waals surface area contributed by atoms with Crippen LogP contribution in [0.15, 0.2) is 60.0 Å². The number of thioether (sulfide) groups is 1. The van der Waals surface area contributed by atoms with Crippen LogP contribution in [0.2, 0.25) is 0 Å². The predicted molar refractivity (Wildman–Crippen MR) is 117 cm³/mol. The van der Waals surface area contributed by atoms with Gasteiger partial charge in [-0.15, -0.1) is 11.8 Å². The monoisotopic (exact) mass is 454 g/mol. The molecule has 4 aromatic heterocycles. The Morgan fingerprint density at radius 3 is 2.47 bits per heavy atom. The number of pyridine rings is 1. The summed E-state index contributed by atoms with van der Waals surface area (Å²) in [5.41, 5.74) is 2.87. The Labute approximate surface area is 185 Å². The molecule has 32 heavy (non-hydrogen) atoms. The topological polar surface area (TPSA) is 60.9 Å². The molecule has 0 amide bonds. The molecule has 1 aromatic carbocycles. The highest BCUT2D eigenvalue weighted by Gasteiger charge is 2.32. The van der Waals surface area contributed by atoms with E-state index in [0.717, 1.165) is 29.1 Å². The van der Waals surface area contributed by atoms with Crippen LogP contribution in [0.3, 0.4) is 0 Å². The number of nitrogens with zero attached hydrogens (tertiary/aromatic N) is 6. The Morgan fingerprint density at radius 1 is 1.00 bits per heavy atom. The van der Waals surface area contributed by atoms with Crippen molar-refractivity contribution >= 4 is 28.6 Å². The standard InChI is InChI=1S/C22H17F3N6S/c1-3-32-21-17(19-26-10-14(12-31(19)29-21)13-7-5-4-6-8-13)20-28-16-9-15(22(23,24)25)11-27-18(16)30(20)2/h4-12H,3H2,1-2H3. The van der Waals surface area contributed by atoms with E-state index in [9.17, 15) is 13.2 Å². The van der Waals surface area contributed by atoms with E-state index in [1.165, 1.54) is 11.8 Å². The Bertz CT molecular complexity index is 1440. The molecule has 5 aromatic rings. The number of aryl methyl sites for hydroxylation is 1. The van der Waals surface area contributed by atoms with Crippen molar-refractivity contribution in [2.75, 3.05) is 5.75 Å². The molecule has 0 aliphatic carbocycles. The van der Waals surface area contributed by atoms with Gasteiger partial charge in [-0.25, -0.2) is 19.5 Å². The van der Waals surface area contributed by atoms with Crippen molar-refractivity contribution < 1.29 is 13.2 Å². The van der Waals surface area contributed by atoms with Crippen molar-refractivity contribution in [2.24, 2.45) is 7.05 Å². The highest BCUT2D eigenvalue weighted by Crippen LogP contribution is 2.36.